The highest BCUT2D eigenvalue weighted by molar-refractivity contribution is 7.90. The SMILES string of the molecule is Cc1cc(OCCCC(=O)NS(=O)(=O)c2cccc(Cl)c2)cc(C)c1Cl. The average Bonchev–Trinajstić information content (AvgIpc) is 2.56. The van der Waals surface area contributed by atoms with E-state index in [0.29, 0.717) is 17.2 Å². The predicted octanol–water partition coefficient (Wildman–Crippen LogP) is 4.27. The van der Waals surface area contributed by atoms with E-state index in [-0.39, 0.29) is 22.9 Å². The van der Waals surface area contributed by atoms with Crippen LogP contribution < -0.4 is 9.46 Å². The zero-order chi connectivity index (χ0) is 19.3. The molecule has 1 N–H and O–H groups in total. The van der Waals surface area contributed by atoms with Gasteiger partial charge in [-0.25, -0.2) is 13.1 Å². The van der Waals surface area contributed by atoms with Gasteiger partial charge in [-0.1, -0.05) is 29.3 Å². The number of benzene rings is 2. The maximum Gasteiger partial charge on any atom is 0.264 e. The molecule has 2 aromatic rings. The van der Waals surface area contributed by atoms with Gasteiger partial charge in [-0.15, -0.1) is 0 Å². The first-order chi connectivity index (χ1) is 12.2. The first-order valence-electron chi connectivity index (χ1n) is 7.90. The van der Waals surface area contributed by atoms with Crippen LogP contribution >= 0.6 is 23.2 Å². The molecule has 0 bridgehead atoms. The smallest absolute Gasteiger partial charge is 0.264 e. The van der Waals surface area contributed by atoms with Crippen molar-refractivity contribution in [2.45, 2.75) is 31.6 Å². The van der Waals surface area contributed by atoms with Gasteiger partial charge < -0.3 is 4.74 Å². The molecule has 8 heteroatoms. The van der Waals surface area contributed by atoms with E-state index in [4.69, 9.17) is 27.9 Å². The summed E-state index contributed by atoms with van der Waals surface area (Å²) in [4.78, 5) is 11.8. The lowest BCUT2D eigenvalue weighted by atomic mass is 10.1. The Labute approximate surface area is 163 Å². The molecule has 0 unspecified atom stereocenters. The van der Waals surface area contributed by atoms with Gasteiger partial charge in [-0.2, -0.15) is 0 Å². The Morgan fingerprint density at radius 1 is 1.12 bits per heavy atom. The number of sulfonamides is 1. The summed E-state index contributed by atoms with van der Waals surface area (Å²) >= 11 is 11.9. The first-order valence-corrected chi connectivity index (χ1v) is 10.1. The molecule has 2 rings (SSSR count). The number of nitrogens with one attached hydrogen (secondary N) is 1. The largest absolute Gasteiger partial charge is 0.494 e. The molecule has 0 atom stereocenters. The second kappa shape index (κ2) is 8.75. The molecule has 0 aliphatic heterocycles. The lowest BCUT2D eigenvalue weighted by Gasteiger charge is -2.10. The molecule has 0 saturated heterocycles. The van der Waals surface area contributed by atoms with Crippen molar-refractivity contribution in [1.82, 2.24) is 4.72 Å². The Balaban J connectivity index is 1.84. The number of amides is 1. The molecule has 2 aromatic carbocycles. The molecule has 0 spiro atoms. The van der Waals surface area contributed by atoms with Gasteiger partial charge >= 0.3 is 0 Å². The van der Waals surface area contributed by atoms with Gasteiger partial charge in [-0.3, -0.25) is 4.79 Å². The molecule has 0 aliphatic carbocycles. The number of rotatable bonds is 7. The van der Waals surface area contributed by atoms with Gasteiger partial charge in [0.15, 0.2) is 0 Å². The van der Waals surface area contributed by atoms with Crippen LogP contribution in [0.4, 0.5) is 0 Å². The molecule has 1 amide bonds. The lowest BCUT2D eigenvalue weighted by molar-refractivity contribution is -0.119. The van der Waals surface area contributed by atoms with Crippen LogP contribution in [0.5, 0.6) is 5.75 Å². The Morgan fingerprint density at radius 3 is 2.38 bits per heavy atom. The third-order valence-electron chi connectivity index (χ3n) is 3.58. The van der Waals surface area contributed by atoms with Crippen molar-refractivity contribution in [3.8, 4) is 5.75 Å². The summed E-state index contributed by atoms with van der Waals surface area (Å²) in [5, 5.41) is 0.977. The Kier molecular flexibility index (Phi) is 6.92. The second-order valence-corrected chi connectivity index (χ2v) is 8.31. The zero-order valence-electron chi connectivity index (χ0n) is 14.4. The third-order valence-corrected chi connectivity index (χ3v) is 5.78. The van der Waals surface area contributed by atoms with Crippen LogP contribution in [-0.2, 0) is 14.8 Å². The lowest BCUT2D eigenvalue weighted by Crippen LogP contribution is -2.30. The van der Waals surface area contributed by atoms with Gasteiger partial charge in [0.1, 0.15) is 5.75 Å². The predicted molar refractivity (Wildman–Crippen MR) is 102 cm³/mol. The van der Waals surface area contributed by atoms with Crippen molar-refractivity contribution >= 4 is 39.1 Å². The van der Waals surface area contributed by atoms with Crippen LogP contribution in [-0.4, -0.2) is 20.9 Å². The van der Waals surface area contributed by atoms with Gasteiger partial charge in [0.05, 0.1) is 11.5 Å². The second-order valence-electron chi connectivity index (χ2n) is 5.81. The summed E-state index contributed by atoms with van der Waals surface area (Å²) in [5.41, 5.74) is 1.82. The average molecular weight is 416 g/mol. The fourth-order valence-corrected chi connectivity index (χ4v) is 3.73. The number of ether oxygens (including phenoxy) is 1. The molecule has 5 nitrogen and oxygen atoms in total. The first kappa shape index (κ1) is 20.6. The molecule has 0 fully saturated rings. The normalized spacial score (nSPS) is 11.2. The summed E-state index contributed by atoms with van der Waals surface area (Å²) in [5.74, 6) is 0.0633. The minimum absolute atomic E-state index is 0.0192. The summed E-state index contributed by atoms with van der Waals surface area (Å²) in [6, 6.07) is 9.35. The number of carbonyl (C=O) groups is 1. The number of aryl methyl sites for hydroxylation is 2. The zero-order valence-corrected chi connectivity index (χ0v) is 16.7. The molecule has 26 heavy (non-hydrogen) atoms. The van der Waals surface area contributed by atoms with Crippen molar-refractivity contribution in [2.75, 3.05) is 6.61 Å². The van der Waals surface area contributed by atoms with E-state index in [1.54, 1.807) is 6.07 Å². The van der Waals surface area contributed by atoms with Crippen LogP contribution in [0.3, 0.4) is 0 Å². The van der Waals surface area contributed by atoms with E-state index in [9.17, 15) is 13.2 Å². The van der Waals surface area contributed by atoms with Gasteiger partial charge in [0, 0.05) is 16.5 Å². The summed E-state index contributed by atoms with van der Waals surface area (Å²) < 4.78 is 31.9. The van der Waals surface area contributed by atoms with E-state index in [0.717, 1.165) is 11.1 Å². The molecule has 140 valence electrons. The molecular weight excluding hydrogens is 397 g/mol. The maximum atomic E-state index is 12.1. The van der Waals surface area contributed by atoms with Crippen LogP contribution in [0.15, 0.2) is 41.3 Å². The van der Waals surface area contributed by atoms with Crippen LogP contribution in [0.25, 0.3) is 0 Å². The van der Waals surface area contributed by atoms with Gasteiger partial charge in [0.2, 0.25) is 5.91 Å². The van der Waals surface area contributed by atoms with E-state index < -0.39 is 15.9 Å². The van der Waals surface area contributed by atoms with E-state index >= 15 is 0 Å². The fraction of sp³-hybridized carbons (Fsp3) is 0.278. The van der Waals surface area contributed by atoms with Crippen molar-refractivity contribution in [3.05, 3.63) is 57.6 Å². The van der Waals surface area contributed by atoms with E-state index in [1.165, 1.54) is 18.2 Å². The van der Waals surface area contributed by atoms with Gasteiger partial charge in [-0.05, 0) is 61.7 Å². The Hall–Kier alpha value is -1.76. The highest BCUT2D eigenvalue weighted by atomic mass is 35.5. The van der Waals surface area contributed by atoms with E-state index in [2.05, 4.69) is 0 Å². The van der Waals surface area contributed by atoms with Crippen molar-refractivity contribution < 1.29 is 17.9 Å². The fourth-order valence-electron chi connectivity index (χ4n) is 2.31. The Morgan fingerprint density at radius 2 is 1.77 bits per heavy atom. The summed E-state index contributed by atoms with van der Waals surface area (Å²) in [6.45, 7) is 4.05. The van der Waals surface area contributed by atoms with Crippen molar-refractivity contribution in [1.29, 1.82) is 0 Å². The maximum absolute atomic E-state index is 12.1. The van der Waals surface area contributed by atoms with Crippen molar-refractivity contribution in [2.24, 2.45) is 0 Å². The molecule has 0 aliphatic rings. The minimum Gasteiger partial charge on any atom is -0.494 e. The van der Waals surface area contributed by atoms with Crippen LogP contribution in [0.2, 0.25) is 10.0 Å². The standard InChI is InChI=1S/C18H19Cl2NO4S/c1-12-9-15(10-13(2)18(12)20)25-8-4-7-17(22)21-26(23,24)16-6-3-5-14(19)11-16/h3,5-6,9-11H,4,7-8H2,1-2H3,(H,21,22). The quantitative estimate of drug-likeness (QED) is 0.684. The Bertz CT molecular complexity index is 890. The van der Waals surface area contributed by atoms with Gasteiger partial charge in [0.25, 0.3) is 10.0 Å². The number of carbonyl (C=O) groups excluding carboxylic acids is 1. The number of hydrogen-bond acceptors (Lipinski definition) is 4. The number of hydrogen-bond donors (Lipinski definition) is 1. The minimum atomic E-state index is -3.93. The number of halogens is 2. The molecule has 0 aromatic heterocycles. The summed E-state index contributed by atoms with van der Waals surface area (Å²) in [6.07, 6.45) is 0.392. The third kappa shape index (κ3) is 5.62. The highest BCUT2D eigenvalue weighted by Crippen LogP contribution is 2.26. The molecule has 0 heterocycles. The molecular formula is C18H19Cl2NO4S. The topological polar surface area (TPSA) is 72.5 Å². The monoisotopic (exact) mass is 415 g/mol. The van der Waals surface area contributed by atoms with Crippen LogP contribution in [0.1, 0.15) is 24.0 Å². The van der Waals surface area contributed by atoms with E-state index in [1.807, 2.05) is 30.7 Å². The molecule has 0 radical (unpaired) electrons. The molecule has 0 saturated carbocycles. The highest BCUT2D eigenvalue weighted by Gasteiger charge is 2.17. The van der Waals surface area contributed by atoms with Crippen molar-refractivity contribution in [3.63, 3.8) is 0 Å². The van der Waals surface area contributed by atoms with Crippen LogP contribution in [0, 0.1) is 13.8 Å². The summed E-state index contributed by atoms with van der Waals surface area (Å²) in [7, 11) is -3.93.